The average Bonchev–Trinajstić information content (AvgIpc) is 3.70. The van der Waals surface area contributed by atoms with E-state index < -0.39 is 0 Å². The highest BCUT2D eigenvalue weighted by Gasteiger charge is 2.48. The van der Waals surface area contributed by atoms with Gasteiger partial charge in [-0.1, -0.05) is 6.92 Å². The van der Waals surface area contributed by atoms with Crippen LogP contribution in [0.2, 0.25) is 0 Å². The predicted octanol–water partition coefficient (Wildman–Crippen LogP) is 5.06. The highest BCUT2D eigenvalue weighted by Crippen LogP contribution is 2.46. The lowest BCUT2D eigenvalue weighted by Crippen LogP contribution is -2.46. The van der Waals surface area contributed by atoms with E-state index in [1.807, 2.05) is 59.0 Å². The van der Waals surface area contributed by atoms with Crippen LogP contribution in [0.25, 0.3) is 15.4 Å². The number of aromatic nitrogens is 3. The summed E-state index contributed by atoms with van der Waals surface area (Å²) in [6, 6.07) is 7.68. The number of imidazole rings is 1. The molecule has 4 atom stereocenters. The monoisotopic (exact) mass is 549 g/mol. The molecular weight excluding hydrogens is 518 g/mol. The van der Waals surface area contributed by atoms with Gasteiger partial charge in [-0.25, -0.2) is 9.97 Å². The zero-order valence-electron chi connectivity index (χ0n) is 21.9. The average molecular weight is 550 g/mol. The van der Waals surface area contributed by atoms with Crippen LogP contribution in [-0.2, 0) is 0 Å². The Labute approximate surface area is 229 Å². The van der Waals surface area contributed by atoms with Crippen LogP contribution in [0, 0.1) is 31.6 Å². The third-order valence-electron chi connectivity index (χ3n) is 7.98. The van der Waals surface area contributed by atoms with E-state index in [4.69, 9.17) is 9.72 Å². The van der Waals surface area contributed by atoms with E-state index in [-0.39, 0.29) is 17.9 Å². The summed E-state index contributed by atoms with van der Waals surface area (Å²) in [5.41, 5.74) is 2.72. The quantitative estimate of drug-likeness (QED) is 0.363. The van der Waals surface area contributed by atoms with Crippen molar-refractivity contribution in [3.05, 3.63) is 57.9 Å². The van der Waals surface area contributed by atoms with Crippen LogP contribution >= 0.6 is 22.7 Å². The maximum Gasteiger partial charge on any atom is 0.274 e. The van der Waals surface area contributed by atoms with Crippen molar-refractivity contribution in [2.45, 2.75) is 39.7 Å². The topological polar surface area (TPSA) is 88.8 Å². The summed E-state index contributed by atoms with van der Waals surface area (Å²) in [6.45, 7) is 7.20. The fourth-order valence-electron chi connectivity index (χ4n) is 6.33. The first kappa shape index (κ1) is 25.1. The van der Waals surface area contributed by atoms with E-state index >= 15 is 0 Å². The van der Waals surface area contributed by atoms with Crippen LogP contribution in [0.15, 0.2) is 35.8 Å². The Bertz CT molecular complexity index is 1500. The van der Waals surface area contributed by atoms with Crippen molar-refractivity contribution >= 4 is 39.4 Å². The summed E-state index contributed by atoms with van der Waals surface area (Å²) < 4.78 is 7.15. The van der Waals surface area contributed by atoms with Gasteiger partial charge < -0.3 is 15.0 Å². The van der Waals surface area contributed by atoms with E-state index in [1.165, 1.54) is 22.7 Å². The van der Waals surface area contributed by atoms with Crippen molar-refractivity contribution < 1.29 is 14.3 Å². The number of methoxy groups -OCH3 is 1. The van der Waals surface area contributed by atoms with E-state index in [9.17, 15) is 9.59 Å². The fourth-order valence-corrected chi connectivity index (χ4v) is 8.01. The molecule has 2 amide bonds. The van der Waals surface area contributed by atoms with Crippen LogP contribution in [-0.4, -0.2) is 57.3 Å². The zero-order valence-corrected chi connectivity index (χ0v) is 23.6. The van der Waals surface area contributed by atoms with Gasteiger partial charge in [0.15, 0.2) is 4.96 Å². The van der Waals surface area contributed by atoms with Crippen LogP contribution in [0.5, 0.6) is 5.75 Å². The normalized spacial score (nSPS) is 22.7. The number of carbonyl (C=O) groups excluding carboxylic acids is 2. The summed E-state index contributed by atoms with van der Waals surface area (Å²) in [7, 11) is 1.64. The summed E-state index contributed by atoms with van der Waals surface area (Å²) in [4.78, 5) is 40.3. The highest BCUT2D eigenvalue weighted by atomic mass is 32.1. The van der Waals surface area contributed by atoms with Gasteiger partial charge in [-0.2, -0.15) is 0 Å². The minimum atomic E-state index is -0.154. The molecule has 0 radical (unpaired) electrons. The van der Waals surface area contributed by atoms with Gasteiger partial charge >= 0.3 is 0 Å². The zero-order chi connectivity index (χ0) is 26.6. The molecule has 1 aliphatic heterocycles. The molecule has 4 heterocycles. The van der Waals surface area contributed by atoms with Gasteiger partial charge in [0.25, 0.3) is 11.8 Å². The second-order valence-corrected chi connectivity index (χ2v) is 12.6. The van der Waals surface area contributed by atoms with E-state index in [1.54, 1.807) is 7.11 Å². The number of ether oxygens (including phenoxy) is 1. The molecule has 1 N–H and O–H groups in total. The Hall–Kier alpha value is -3.24. The number of benzene rings is 1. The largest absolute Gasteiger partial charge is 0.497 e. The number of carbonyl (C=O) groups is 2. The number of hydrogen-bond donors (Lipinski definition) is 1. The van der Waals surface area contributed by atoms with Gasteiger partial charge in [-0.15, -0.1) is 22.7 Å². The molecule has 10 heteroatoms. The Balaban J connectivity index is 1.27. The number of nitrogens with one attached hydrogen (secondary N) is 1. The molecule has 6 rings (SSSR count). The van der Waals surface area contributed by atoms with Gasteiger partial charge in [-0.05, 0) is 74.3 Å². The number of rotatable bonds is 6. The second kappa shape index (κ2) is 9.81. The molecule has 1 saturated heterocycles. The number of thiazole rings is 2. The molecule has 1 saturated carbocycles. The number of nitrogens with zero attached hydrogens (tertiary/aromatic N) is 4. The van der Waals surface area contributed by atoms with Crippen LogP contribution in [0.3, 0.4) is 0 Å². The number of aryl methyl sites for hydroxylation is 2. The first-order valence-corrected chi connectivity index (χ1v) is 14.7. The molecule has 1 unspecified atom stereocenters. The molecule has 0 spiro atoms. The molecule has 8 nitrogen and oxygen atoms in total. The first-order valence-electron chi connectivity index (χ1n) is 13.0. The Morgan fingerprint density at radius 3 is 2.71 bits per heavy atom. The third-order valence-corrected chi connectivity index (χ3v) is 9.76. The second-order valence-electron chi connectivity index (χ2n) is 10.5. The summed E-state index contributed by atoms with van der Waals surface area (Å²) in [5.74, 6) is 2.00. The summed E-state index contributed by atoms with van der Waals surface area (Å²) >= 11 is 3.04. The Morgan fingerprint density at radius 1 is 1.16 bits per heavy atom. The summed E-state index contributed by atoms with van der Waals surface area (Å²) in [5, 5.41) is 5.94. The highest BCUT2D eigenvalue weighted by molar-refractivity contribution is 7.15. The van der Waals surface area contributed by atoms with Gasteiger partial charge in [0.1, 0.15) is 17.1 Å². The lowest BCUT2D eigenvalue weighted by Gasteiger charge is -2.28. The van der Waals surface area contributed by atoms with Crippen molar-refractivity contribution in [1.82, 2.24) is 24.6 Å². The number of likely N-dealkylation sites (tertiary alicyclic amines) is 1. The number of hydrogen-bond acceptors (Lipinski definition) is 7. The minimum Gasteiger partial charge on any atom is -0.497 e. The smallest absolute Gasteiger partial charge is 0.274 e. The number of amides is 2. The van der Waals surface area contributed by atoms with Gasteiger partial charge in [0, 0.05) is 24.7 Å². The number of fused-ring (bicyclic) bond motifs is 2. The minimum absolute atomic E-state index is 0.0535. The maximum atomic E-state index is 14.1. The molecule has 38 heavy (non-hydrogen) atoms. The lowest BCUT2D eigenvalue weighted by atomic mass is 9.93. The van der Waals surface area contributed by atoms with E-state index in [0.29, 0.717) is 47.9 Å². The van der Waals surface area contributed by atoms with Crippen molar-refractivity contribution in [2.24, 2.45) is 17.8 Å². The van der Waals surface area contributed by atoms with E-state index in [2.05, 4.69) is 17.2 Å². The van der Waals surface area contributed by atoms with Gasteiger partial charge in [0.05, 0.1) is 28.7 Å². The fraction of sp³-hybridized carbons (Fsp3) is 0.429. The van der Waals surface area contributed by atoms with Crippen molar-refractivity contribution in [3.8, 4) is 16.2 Å². The van der Waals surface area contributed by atoms with E-state index in [0.717, 1.165) is 39.0 Å². The molecule has 198 valence electrons. The Morgan fingerprint density at radius 2 is 1.95 bits per heavy atom. The molecule has 4 aromatic rings. The molecule has 1 aliphatic carbocycles. The Kier molecular flexibility index (Phi) is 6.47. The van der Waals surface area contributed by atoms with Crippen molar-refractivity contribution in [1.29, 1.82) is 0 Å². The van der Waals surface area contributed by atoms with Crippen LogP contribution in [0.4, 0.5) is 0 Å². The third kappa shape index (κ3) is 4.29. The van der Waals surface area contributed by atoms with Crippen molar-refractivity contribution in [3.63, 3.8) is 0 Å². The molecule has 2 aliphatic rings. The van der Waals surface area contributed by atoms with Crippen LogP contribution < -0.4 is 10.1 Å². The van der Waals surface area contributed by atoms with Crippen LogP contribution in [0.1, 0.15) is 51.4 Å². The molecule has 1 aromatic carbocycles. The predicted molar refractivity (Wildman–Crippen MR) is 149 cm³/mol. The SMILES string of the molecule is COc1ccc(-c2sc(C)nc2C(=O)N2C[C@@H]3CC(C)C[C@@H]3[C@H]2CNC(=O)c2c(C)nc3sccn23)cc1. The first-order chi connectivity index (χ1) is 18.3. The molecule has 0 bridgehead atoms. The van der Waals surface area contributed by atoms with Gasteiger partial charge in [0.2, 0.25) is 0 Å². The summed E-state index contributed by atoms with van der Waals surface area (Å²) in [6.07, 6.45) is 4.05. The lowest BCUT2D eigenvalue weighted by molar-refractivity contribution is 0.0692. The van der Waals surface area contributed by atoms with Crippen molar-refractivity contribution in [2.75, 3.05) is 20.2 Å². The molecule has 2 fully saturated rings. The molecule has 3 aromatic heterocycles. The maximum absolute atomic E-state index is 14.1. The van der Waals surface area contributed by atoms with Gasteiger partial charge in [-0.3, -0.25) is 14.0 Å². The standard InChI is InChI=1S/C28H31N5O3S2/c1-15-11-19-14-33(27(35)23-25(38-17(3)31-23)18-5-7-20(36-4)8-6-18)22(21(19)12-15)13-29-26(34)24-16(2)30-28-32(24)9-10-37-28/h5-10,15,19,21-22H,11-14H2,1-4H3,(H,29,34)/t15?,19-,21-,22+/m0/s1. The molecular formula is C28H31N5O3S2.